The van der Waals surface area contributed by atoms with Gasteiger partial charge in [0.2, 0.25) is 5.91 Å². The Morgan fingerprint density at radius 3 is 2.59 bits per heavy atom. The summed E-state index contributed by atoms with van der Waals surface area (Å²) < 4.78 is 20.6. The zero-order valence-corrected chi connectivity index (χ0v) is 19.9. The van der Waals surface area contributed by atoms with Crippen LogP contribution >= 0.6 is 0 Å². The van der Waals surface area contributed by atoms with E-state index >= 15 is 0 Å². The van der Waals surface area contributed by atoms with Crippen molar-refractivity contribution in [2.24, 2.45) is 5.92 Å². The molecule has 0 spiro atoms. The second-order valence-electron chi connectivity index (χ2n) is 9.01. The van der Waals surface area contributed by atoms with Crippen molar-refractivity contribution < 1.29 is 13.9 Å². The average Bonchev–Trinajstić information content (AvgIpc) is 3.33. The first-order valence-corrected chi connectivity index (χ1v) is 11.8. The summed E-state index contributed by atoms with van der Waals surface area (Å²) in [7, 11) is 3.40. The van der Waals surface area contributed by atoms with Crippen molar-refractivity contribution >= 4 is 5.91 Å². The molecule has 1 fully saturated rings. The number of aromatic nitrogens is 2. The summed E-state index contributed by atoms with van der Waals surface area (Å²) in [6.45, 7) is 2.85. The van der Waals surface area contributed by atoms with Crippen molar-refractivity contribution in [3.8, 4) is 5.82 Å². The molecule has 1 saturated heterocycles. The van der Waals surface area contributed by atoms with Crippen molar-refractivity contribution in [3.63, 3.8) is 0 Å². The summed E-state index contributed by atoms with van der Waals surface area (Å²) in [5.41, 5.74) is 2.26. The Bertz CT molecular complexity index is 1050. The lowest BCUT2D eigenvalue weighted by atomic mass is 9.85. The molecule has 0 N–H and O–H groups in total. The van der Waals surface area contributed by atoms with Gasteiger partial charge < -0.3 is 14.2 Å². The van der Waals surface area contributed by atoms with E-state index in [1.807, 2.05) is 48.5 Å². The van der Waals surface area contributed by atoms with Crippen LogP contribution in [0.25, 0.3) is 5.82 Å². The average molecular weight is 465 g/mol. The summed E-state index contributed by atoms with van der Waals surface area (Å²) in [5, 5.41) is 0. The minimum atomic E-state index is -0.243. The minimum absolute atomic E-state index is 0.0229. The van der Waals surface area contributed by atoms with Gasteiger partial charge in [0.15, 0.2) is 0 Å². The Labute approximate surface area is 201 Å². The first-order chi connectivity index (χ1) is 16.5. The van der Waals surface area contributed by atoms with Crippen LogP contribution in [0.5, 0.6) is 0 Å². The molecular formula is C27H33FN4O2. The fourth-order valence-electron chi connectivity index (χ4n) is 4.88. The quantitative estimate of drug-likeness (QED) is 0.481. The largest absolute Gasteiger partial charge is 0.375 e. The lowest BCUT2D eigenvalue weighted by molar-refractivity contribution is -0.137. The number of amides is 1. The summed E-state index contributed by atoms with van der Waals surface area (Å²) in [6.07, 6.45) is 6.58. The van der Waals surface area contributed by atoms with E-state index in [4.69, 9.17) is 4.74 Å². The maximum atomic E-state index is 13.4. The molecule has 1 aliphatic heterocycles. The zero-order valence-electron chi connectivity index (χ0n) is 19.9. The van der Waals surface area contributed by atoms with E-state index in [-0.39, 0.29) is 24.4 Å². The number of rotatable bonds is 9. The standard InChI is InChI=1S/C27H33FN4O2/c1-30(27(33)20-34-2)25(18-21-8-10-23(28)11-9-21)22-12-16-31(17-13-22)19-24-6-5-15-32(24)26-7-3-4-14-29-26/h3-11,14-15,22,25H,12-13,16-20H2,1-2H3. The van der Waals surface area contributed by atoms with Gasteiger partial charge >= 0.3 is 0 Å². The zero-order chi connectivity index (χ0) is 23.9. The molecule has 2 aromatic heterocycles. The molecule has 1 amide bonds. The molecule has 1 atom stereocenters. The molecule has 6 nitrogen and oxygen atoms in total. The summed E-state index contributed by atoms with van der Waals surface area (Å²) >= 11 is 0. The van der Waals surface area contributed by atoms with E-state index in [1.165, 1.54) is 17.8 Å². The molecule has 3 aromatic rings. The number of pyridine rings is 1. The van der Waals surface area contributed by atoms with E-state index in [2.05, 4.69) is 32.8 Å². The SMILES string of the molecule is COCC(=O)N(C)C(Cc1ccc(F)cc1)C1CCN(Cc2cccn2-c2ccccn2)CC1. The predicted octanol–water partition coefficient (Wildman–Crippen LogP) is 3.94. The van der Waals surface area contributed by atoms with E-state index < -0.39 is 0 Å². The lowest BCUT2D eigenvalue weighted by Gasteiger charge is -2.40. The van der Waals surface area contributed by atoms with Gasteiger partial charge in [0.05, 0.1) is 0 Å². The molecule has 180 valence electrons. The number of ether oxygens (including phenoxy) is 1. The maximum Gasteiger partial charge on any atom is 0.248 e. The third kappa shape index (κ3) is 5.90. The topological polar surface area (TPSA) is 50.6 Å². The Kier molecular flexibility index (Phi) is 8.08. The Hall–Kier alpha value is -3.03. The molecule has 3 heterocycles. The van der Waals surface area contributed by atoms with Crippen LogP contribution in [0.1, 0.15) is 24.1 Å². The second kappa shape index (κ2) is 11.4. The van der Waals surface area contributed by atoms with E-state index in [0.717, 1.165) is 43.9 Å². The Morgan fingerprint density at radius 1 is 1.15 bits per heavy atom. The monoisotopic (exact) mass is 464 g/mol. The fourth-order valence-corrected chi connectivity index (χ4v) is 4.88. The number of carbonyl (C=O) groups excluding carboxylic acids is 1. The van der Waals surface area contributed by atoms with Crippen LogP contribution in [0.3, 0.4) is 0 Å². The van der Waals surface area contributed by atoms with Gasteiger partial charge in [-0.2, -0.15) is 0 Å². The Balaban J connectivity index is 1.42. The van der Waals surface area contributed by atoms with Crippen molar-refractivity contribution in [2.45, 2.75) is 31.8 Å². The van der Waals surface area contributed by atoms with Gasteiger partial charge in [-0.05, 0) is 80.2 Å². The number of piperidine rings is 1. The van der Waals surface area contributed by atoms with Crippen LogP contribution in [-0.2, 0) is 22.5 Å². The van der Waals surface area contributed by atoms with Gasteiger partial charge in [-0.15, -0.1) is 0 Å². The molecule has 0 bridgehead atoms. The fraction of sp³-hybridized carbons (Fsp3) is 0.407. The first kappa shape index (κ1) is 24.1. The van der Waals surface area contributed by atoms with Gasteiger partial charge in [-0.25, -0.2) is 9.37 Å². The van der Waals surface area contributed by atoms with Crippen LogP contribution in [0.15, 0.2) is 67.0 Å². The molecule has 34 heavy (non-hydrogen) atoms. The number of halogens is 1. The number of hydrogen-bond acceptors (Lipinski definition) is 4. The molecule has 0 saturated carbocycles. The number of benzene rings is 1. The van der Waals surface area contributed by atoms with E-state index in [9.17, 15) is 9.18 Å². The highest BCUT2D eigenvalue weighted by atomic mass is 19.1. The second-order valence-corrected chi connectivity index (χ2v) is 9.01. The van der Waals surface area contributed by atoms with Gasteiger partial charge in [0, 0.05) is 44.8 Å². The normalized spacial score (nSPS) is 15.9. The van der Waals surface area contributed by atoms with Crippen molar-refractivity contribution in [3.05, 3.63) is 84.1 Å². The van der Waals surface area contributed by atoms with Gasteiger partial charge in [0.25, 0.3) is 0 Å². The third-order valence-corrected chi connectivity index (χ3v) is 6.81. The van der Waals surface area contributed by atoms with Crippen LogP contribution in [0, 0.1) is 11.7 Å². The molecule has 7 heteroatoms. The van der Waals surface area contributed by atoms with E-state index in [0.29, 0.717) is 12.3 Å². The first-order valence-electron chi connectivity index (χ1n) is 11.8. The molecule has 0 radical (unpaired) electrons. The molecule has 1 aromatic carbocycles. The summed E-state index contributed by atoms with van der Waals surface area (Å²) in [6, 6.07) is 16.8. The number of methoxy groups -OCH3 is 1. The third-order valence-electron chi connectivity index (χ3n) is 6.81. The highest BCUT2D eigenvalue weighted by molar-refractivity contribution is 5.77. The lowest BCUT2D eigenvalue weighted by Crippen LogP contribution is -2.48. The van der Waals surface area contributed by atoms with Crippen LogP contribution in [0.2, 0.25) is 0 Å². The molecule has 1 unspecified atom stereocenters. The van der Waals surface area contributed by atoms with E-state index in [1.54, 1.807) is 7.11 Å². The summed E-state index contributed by atoms with van der Waals surface area (Å²) in [4.78, 5) is 21.4. The van der Waals surface area contributed by atoms with Gasteiger partial charge in [0.1, 0.15) is 18.2 Å². The number of likely N-dealkylation sites (tertiary alicyclic amines) is 1. The Morgan fingerprint density at radius 2 is 1.91 bits per heavy atom. The van der Waals surface area contributed by atoms with Crippen LogP contribution in [-0.4, -0.2) is 65.2 Å². The molecule has 4 rings (SSSR count). The van der Waals surface area contributed by atoms with Crippen LogP contribution < -0.4 is 0 Å². The number of carbonyl (C=O) groups is 1. The summed E-state index contributed by atoms with van der Waals surface area (Å²) in [5.74, 6) is 1.03. The number of hydrogen-bond donors (Lipinski definition) is 0. The van der Waals surface area contributed by atoms with Crippen LogP contribution in [0.4, 0.5) is 4.39 Å². The van der Waals surface area contributed by atoms with Crippen molar-refractivity contribution in [1.29, 1.82) is 0 Å². The van der Waals surface area contributed by atoms with Crippen molar-refractivity contribution in [1.82, 2.24) is 19.4 Å². The molecular weight excluding hydrogens is 431 g/mol. The molecule has 1 aliphatic rings. The van der Waals surface area contributed by atoms with Gasteiger partial charge in [-0.1, -0.05) is 18.2 Å². The van der Waals surface area contributed by atoms with Gasteiger partial charge in [-0.3, -0.25) is 9.69 Å². The molecule has 0 aliphatic carbocycles. The maximum absolute atomic E-state index is 13.4. The smallest absolute Gasteiger partial charge is 0.248 e. The highest BCUT2D eigenvalue weighted by Gasteiger charge is 2.31. The highest BCUT2D eigenvalue weighted by Crippen LogP contribution is 2.28. The number of likely N-dealkylation sites (N-methyl/N-ethyl adjacent to an activating group) is 1. The van der Waals surface area contributed by atoms with Crippen molar-refractivity contribution in [2.75, 3.05) is 33.9 Å². The number of nitrogens with zero attached hydrogens (tertiary/aromatic N) is 4. The predicted molar refractivity (Wildman–Crippen MR) is 130 cm³/mol. The minimum Gasteiger partial charge on any atom is -0.375 e.